The molecular formula is C13H7BrClF2NO2. The van der Waals surface area contributed by atoms with Crippen molar-refractivity contribution in [2.75, 3.05) is 0 Å². The molecule has 0 saturated heterocycles. The van der Waals surface area contributed by atoms with Gasteiger partial charge in [0.05, 0.1) is 5.02 Å². The maximum atomic E-state index is 13.6. The van der Waals surface area contributed by atoms with E-state index in [1.165, 1.54) is 24.3 Å². The van der Waals surface area contributed by atoms with Gasteiger partial charge in [0.1, 0.15) is 5.75 Å². The lowest BCUT2D eigenvalue weighted by Gasteiger charge is -2.10. The number of rotatable bonds is 3. The van der Waals surface area contributed by atoms with Crippen LogP contribution in [0.1, 0.15) is 10.4 Å². The molecule has 0 aliphatic carbocycles. The highest BCUT2D eigenvalue weighted by atomic mass is 79.9. The zero-order chi connectivity index (χ0) is 14.9. The summed E-state index contributed by atoms with van der Waals surface area (Å²) in [6.45, 7) is 0. The lowest BCUT2D eigenvalue weighted by molar-refractivity contribution is 0.100. The van der Waals surface area contributed by atoms with Crippen molar-refractivity contribution in [3.63, 3.8) is 0 Å². The van der Waals surface area contributed by atoms with Crippen LogP contribution in [0.25, 0.3) is 0 Å². The second kappa shape index (κ2) is 5.76. The van der Waals surface area contributed by atoms with Crippen LogP contribution in [0, 0.1) is 11.6 Å². The summed E-state index contributed by atoms with van der Waals surface area (Å²) >= 11 is 8.92. The lowest BCUT2D eigenvalue weighted by Crippen LogP contribution is -2.10. The molecule has 2 aromatic rings. The van der Waals surface area contributed by atoms with Gasteiger partial charge >= 0.3 is 0 Å². The Bertz CT molecular complexity index is 694. The van der Waals surface area contributed by atoms with Gasteiger partial charge in [0.2, 0.25) is 11.7 Å². The lowest BCUT2D eigenvalue weighted by atomic mass is 10.2. The third-order valence-corrected chi connectivity index (χ3v) is 3.15. The molecule has 20 heavy (non-hydrogen) atoms. The minimum atomic E-state index is -1.14. The average Bonchev–Trinajstić information content (AvgIpc) is 2.37. The van der Waals surface area contributed by atoms with E-state index in [9.17, 15) is 13.6 Å². The Hall–Kier alpha value is -1.66. The Labute approximate surface area is 126 Å². The van der Waals surface area contributed by atoms with Crippen LogP contribution in [-0.4, -0.2) is 5.91 Å². The Morgan fingerprint density at radius 3 is 2.50 bits per heavy atom. The van der Waals surface area contributed by atoms with Gasteiger partial charge in [0.25, 0.3) is 0 Å². The van der Waals surface area contributed by atoms with Crippen LogP contribution in [0.15, 0.2) is 34.8 Å². The van der Waals surface area contributed by atoms with Crippen molar-refractivity contribution in [3.8, 4) is 11.5 Å². The van der Waals surface area contributed by atoms with Crippen LogP contribution < -0.4 is 10.5 Å². The second-order valence-electron chi connectivity index (χ2n) is 3.81. The molecule has 0 saturated carbocycles. The monoisotopic (exact) mass is 361 g/mol. The van der Waals surface area contributed by atoms with Gasteiger partial charge in [-0.25, -0.2) is 4.39 Å². The highest BCUT2D eigenvalue weighted by Gasteiger charge is 2.14. The zero-order valence-corrected chi connectivity index (χ0v) is 12.1. The summed E-state index contributed by atoms with van der Waals surface area (Å²) < 4.78 is 32.3. The molecule has 0 unspecified atom stereocenters. The Morgan fingerprint density at radius 2 is 1.90 bits per heavy atom. The summed E-state index contributed by atoms with van der Waals surface area (Å²) in [5, 5.41) is 0.0566. The van der Waals surface area contributed by atoms with E-state index in [2.05, 4.69) is 15.9 Å². The van der Waals surface area contributed by atoms with E-state index < -0.39 is 17.5 Å². The molecule has 0 atom stereocenters. The van der Waals surface area contributed by atoms with Crippen LogP contribution in [0.5, 0.6) is 11.5 Å². The van der Waals surface area contributed by atoms with Gasteiger partial charge in [0, 0.05) is 10.0 Å². The highest BCUT2D eigenvalue weighted by Crippen LogP contribution is 2.33. The average molecular weight is 363 g/mol. The summed E-state index contributed by atoms with van der Waals surface area (Å²) in [6.07, 6.45) is 0. The van der Waals surface area contributed by atoms with E-state index in [1.807, 2.05) is 0 Å². The predicted molar refractivity (Wildman–Crippen MR) is 74.1 cm³/mol. The smallest absolute Gasteiger partial charge is 0.248 e. The third kappa shape index (κ3) is 3.08. The van der Waals surface area contributed by atoms with Gasteiger partial charge in [-0.05, 0) is 30.3 Å². The molecule has 0 heterocycles. The van der Waals surface area contributed by atoms with E-state index >= 15 is 0 Å². The normalized spacial score (nSPS) is 10.4. The van der Waals surface area contributed by atoms with Crippen molar-refractivity contribution >= 4 is 33.4 Å². The van der Waals surface area contributed by atoms with Gasteiger partial charge in [0.15, 0.2) is 11.6 Å². The van der Waals surface area contributed by atoms with Gasteiger partial charge in [-0.3, -0.25) is 4.79 Å². The van der Waals surface area contributed by atoms with Crippen LogP contribution in [0.2, 0.25) is 5.02 Å². The van der Waals surface area contributed by atoms with Crippen LogP contribution >= 0.6 is 27.5 Å². The second-order valence-corrected chi connectivity index (χ2v) is 5.13. The molecule has 0 bridgehead atoms. The maximum Gasteiger partial charge on any atom is 0.248 e. The molecule has 2 N–H and O–H groups in total. The Balaban J connectivity index is 2.38. The van der Waals surface area contributed by atoms with Crippen molar-refractivity contribution in [3.05, 3.63) is 57.0 Å². The predicted octanol–water partition coefficient (Wildman–Crippen LogP) is 4.27. The van der Waals surface area contributed by atoms with Gasteiger partial charge in [-0.1, -0.05) is 27.5 Å². The van der Waals surface area contributed by atoms with Gasteiger partial charge in [-0.15, -0.1) is 0 Å². The molecule has 0 aromatic heterocycles. The number of nitrogens with two attached hydrogens (primary N) is 1. The summed E-state index contributed by atoms with van der Waals surface area (Å²) in [6, 6.07) is 6.23. The zero-order valence-electron chi connectivity index (χ0n) is 9.79. The van der Waals surface area contributed by atoms with E-state index in [1.54, 1.807) is 0 Å². The van der Waals surface area contributed by atoms with Crippen molar-refractivity contribution in [1.29, 1.82) is 0 Å². The number of carbonyl (C=O) groups excluding carboxylic acids is 1. The van der Waals surface area contributed by atoms with Crippen molar-refractivity contribution in [1.82, 2.24) is 0 Å². The van der Waals surface area contributed by atoms with Gasteiger partial charge < -0.3 is 10.5 Å². The summed E-state index contributed by atoms with van der Waals surface area (Å²) in [4.78, 5) is 11.0. The fourth-order valence-electron chi connectivity index (χ4n) is 1.46. The van der Waals surface area contributed by atoms with Crippen molar-refractivity contribution in [2.24, 2.45) is 5.73 Å². The Morgan fingerprint density at radius 1 is 1.20 bits per heavy atom. The van der Waals surface area contributed by atoms with E-state index in [0.29, 0.717) is 4.47 Å². The molecule has 104 valence electrons. The molecular weight excluding hydrogens is 356 g/mol. The van der Waals surface area contributed by atoms with Crippen LogP contribution in [-0.2, 0) is 0 Å². The molecule has 0 spiro atoms. The number of ether oxygens (including phenoxy) is 1. The molecule has 0 radical (unpaired) electrons. The number of halogens is 4. The fraction of sp³-hybridized carbons (Fsp3) is 0. The number of carbonyl (C=O) groups is 1. The molecule has 1 amide bonds. The molecule has 0 fully saturated rings. The van der Waals surface area contributed by atoms with Crippen LogP contribution in [0.4, 0.5) is 8.78 Å². The third-order valence-electron chi connectivity index (χ3n) is 2.40. The van der Waals surface area contributed by atoms with E-state index in [4.69, 9.17) is 22.1 Å². The molecule has 0 aliphatic heterocycles. The summed E-state index contributed by atoms with van der Waals surface area (Å²) in [7, 11) is 0. The largest absolute Gasteiger partial charge is 0.453 e. The van der Waals surface area contributed by atoms with E-state index in [-0.39, 0.29) is 22.1 Å². The number of hydrogen-bond acceptors (Lipinski definition) is 2. The fourth-order valence-corrected chi connectivity index (χ4v) is 2.09. The van der Waals surface area contributed by atoms with Crippen molar-refractivity contribution < 1.29 is 18.3 Å². The quantitative estimate of drug-likeness (QED) is 0.829. The first-order chi connectivity index (χ1) is 9.38. The number of benzene rings is 2. The number of amides is 1. The SMILES string of the molecule is NC(=O)c1ccc(Oc2cc(Br)cc(F)c2F)c(Cl)c1. The Kier molecular flexibility index (Phi) is 4.25. The first kappa shape index (κ1) is 14.7. The number of primary amides is 1. The minimum absolute atomic E-state index is 0.0566. The standard InChI is InChI=1S/C13H7BrClF2NO2/c14-7-4-9(16)12(17)11(5-7)20-10-2-1-6(13(18)19)3-8(10)15/h1-5H,(H2,18,19). The number of hydrogen-bond donors (Lipinski definition) is 1. The molecule has 2 rings (SSSR count). The van der Waals surface area contributed by atoms with E-state index in [0.717, 1.165) is 6.07 Å². The first-order valence-corrected chi connectivity index (χ1v) is 6.47. The molecule has 2 aromatic carbocycles. The highest BCUT2D eigenvalue weighted by molar-refractivity contribution is 9.10. The molecule has 3 nitrogen and oxygen atoms in total. The molecule has 0 aliphatic rings. The summed E-state index contributed by atoms with van der Waals surface area (Å²) in [5.74, 6) is -3.10. The van der Waals surface area contributed by atoms with Crippen molar-refractivity contribution in [2.45, 2.75) is 0 Å². The molecule has 7 heteroatoms. The van der Waals surface area contributed by atoms with Crippen LogP contribution in [0.3, 0.4) is 0 Å². The topological polar surface area (TPSA) is 52.3 Å². The van der Waals surface area contributed by atoms with Gasteiger partial charge in [-0.2, -0.15) is 4.39 Å². The maximum absolute atomic E-state index is 13.6. The minimum Gasteiger partial charge on any atom is -0.453 e. The summed E-state index contributed by atoms with van der Waals surface area (Å²) in [5.41, 5.74) is 5.28. The first-order valence-electron chi connectivity index (χ1n) is 5.30.